The van der Waals surface area contributed by atoms with Crippen molar-refractivity contribution < 1.29 is 18.3 Å². The van der Waals surface area contributed by atoms with Gasteiger partial charge in [0.15, 0.2) is 0 Å². The van der Waals surface area contributed by atoms with E-state index in [0.717, 1.165) is 45.0 Å². The minimum absolute atomic E-state index is 0.0962. The van der Waals surface area contributed by atoms with Crippen LogP contribution in [0.3, 0.4) is 0 Å². The smallest absolute Gasteiger partial charge is 0.225 e. The first-order chi connectivity index (χ1) is 17.7. The van der Waals surface area contributed by atoms with Crippen LogP contribution in [0.1, 0.15) is 42.4 Å². The Labute approximate surface area is 217 Å². The standard InChI is InChI=1S/C26H29F3N6OS/c1-5-16(12-36)6-7-30-24-22(25-34-23-15(4)32-13(2)8-21(23)37-25)14(3)33-26(35-24)31-11-18-19(28)9-17(27)10-20(18)29/h8-10,16,36H,5-7,11-12H2,1-4H3,(H2,30,31,33,35). The van der Waals surface area contributed by atoms with Crippen molar-refractivity contribution in [2.24, 2.45) is 5.92 Å². The van der Waals surface area contributed by atoms with E-state index in [2.05, 4.69) is 25.6 Å². The minimum atomic E-state index is -0.986. The van der Waals surface area contributed by atoms with Gasteiger partial charge in [0.25, 0.3) is 0 Å². The summed E-state index contributed by atoms with van der Waals surface area (Å²) in [6, 6.07) is 3.26. The first-order valence-corrected chi connectivity index (χ1v) is 12.9. The summed E-state index contributed by atoms with van der Waals surface area (Å²) in [5.74, 6) is -2.12. The van der Waals surface area contributed by atoms with E-state index in [1.165, 1.54) is 11.3 Å². The summed E-state index contributed by atoms with van der Waals surface area (Å²) >= 11 is 1.51. The number of hydrogen-bond donors (Lipinski definition) is 3. The molecule has 1 atom stereocenters. The van der Waals surface area contributed by atoms with E-state index in [9.17, 15) is 18.3 Å². The number of benzene rings is 1. The summed E-state index contributed by atoms with van der Waals surface area (Å²) in [5.41, 5.74) is 3.59. The second-order valence-corrected chi connectivity index (χ2v) is 9.98. The molecule has 0 aliphatic heterocycles. The molecule has 0 spiro atoms. The van der Waals surface area contributed by atoms with Gasteiger partial charge in [-0.15, -0.1) is 11.3 Å². The van der Waals surface area contributed by atoms with E-state index < -0.39 is 17.5 Å². The maximum atomic E-state index is 14.1. The predicted molar refractivity (Wildman–Crippen MR) is 140 cm³/mol. The molecule has 0 saturated heterocycles. The molecule has 3 aromatic heterocycles. The molecule has 4 aromatic rings. The van der Waals surface area contributed by atoms with Crippen molar-refractivity contribution in [3.05, 3.63) is 58.3 Å². The van der Waals surface area contributed by atoms with Crippen LogP contribution in [0.4, 0.5) is 24.9 Å². The number of aliphatic hydroxyl groups excluding tert-OH is 1. The molecule has 3 heterocycles. The molecule has 37 heavy (non-hydrogen) atoms. The molecule has 11 heteroatoms. The fourth-order valence-corrected chi connectivity index (χ4v) is 5.31. The minimum Gasteiger partial charge on any atom is -0.396 e. The van der Waals surface area contributed by atoms with Gasteiger partial charge in [-0.25, -0.2) is 23.1 Å². The molecule has 0 saturated carbocycles. The quantitative estimate of drug-likeness (QED) is 0.234. The third-order valence-electron chi connectivity index (χ3n) is 6.19. The monoisotopic (exact) mass is 530 g/mol. The van der Waals surface area contributed by atoms with Crippen LogP contribution in [0.5, 0.6) is 0 Å². The molecule has 3 N–H and O–H groups in total. The number of hydrogen-bond acceptors (Lipinski definition) is 8. The van der Waals surface area contributed by atoms with Crippen LogP contribution >= 0.6 is 11.3 Å². The molecule has 0 bridgehead atoms. The maximum Gasteiger partial charge on any atom is 0.225 e. The number of aliphatic hydroxyl groups is 1. The number of fused-ring (bicyclic) bond motifs is 1. The van der Waals surface area contributed by atoms with Crippen LogP contribution in [0, 0.1) is 44.1 Å². The number of pyridine rings is 1. The highest BCUT2D eigenvalue weighted by molar-refractivity contribution is 7.21. The summed E-state index contributed by atoms with van der Waals surface area (Å²) in [6.45, 7) is 8.08. The van der Waals surface area contributed by atoms with Gasteiger partial charge in [0.05, 0.1) is 21.7 Å². The van der Waals surface area contributed by atoms with Crippen molar-refractivity contribution in [3.8, 4) is 10.6 Å². The fourth-order valence-electron chi connectivity index (χ4n) is 4.10. The summed E-state index contributed by atoms with van der Waals surface area (Å²) in [5, 5.41) is 16.5. The van der Waals surface area contributed by atoms with E-state index >= 15 is 0 Å². The highest BCUT2D eigenvalue weighted by Gasteiger charge is 2.20. The molecule has 0 radical (unpaired) electrons. The number of nitrogens with one attached hydrogen (secondary N) is 2. The maximum absolute atomic E-state index is 14.1. The number of thiazole rings is 1. The number of nitrogens with zero attached hydrogens (tertiary/aromatic N) is 4. The van der Waals surface area contributed by atoms with Gasteiger partial charge in [0.1, 0.15) is 33.8 Å². The Morgan fingerprint density at radius 2 is 1.68 bits per heavy atom. The van der Waals surface area contributed by atoms with E-state index in [0.29, 0.717) is 30.2 Å². The molecule has 0 aliphatic rings. The van der Waals surface area contributed by atoms with Gasteiger partial charge in [-0.05, 0) is 39.2 Å². The number of aryl methyl sites for hydroxylation is 3. The zero-order valence-corrected chi connectivity index (χ0v) is 21.9. The summed E-state index contributed by atoms with van der Waals surface area (Å²) in [6.07, 6.45) is 1.57. The Morgan fingerprint density at radius 3 is 2.35 bits per heavy atom. The van der Waals surface area contributed by atoms with Gasteiger partial charge >= 0.3 is 0 Å². The van der Waals surface area contributed by atoms with Crippen LogP contribution in [0.2, 0.25) is 0 Å². The summed E-state index contributed by atoms with van der Waals surface area (Å²) < 4.78 is 42.5. The Morgan fingerprint density at radius 1 is 0.946 bits per heavy atom. The van der Waals surface area contributed by atoms with Crippen molar-refractivity contribution >= 4 is 33.3 Å². The molecule has 0 aliphatic carbocycles. The molecule has 4 rings (SSSR count). The van der Waals surface area contributed by atoms with Crippen molar-refractivity contribution in [2.45, 2.75) is 47.1 Å². The first-order valence-electron chi connectivity index (χ1n) is 12.1. The lowest BCUT2D eigenvalue weighted by Gasteiger charge is -2.16. The zero-order valence-electron chi connectivity index (χ0n) is 21.1. The van der Waals surface area contributed by atoms with E-state index in [4.69, 9.17) is 4.98 Å². The molecule has 7 nitrogen and oxygen atoms in total. The van der Waals surface area contributed by atoms with Crippen LogP contribution in [-0.4, -0.2) is 38.2 Å². The van der Waals surface area contributed by atoms with Gasteiger partial charge in [-0.2, -0.15) is 4.98 Å². The van der Waals surface area contributed by atoms with E-state index in [1.807, 2.05) is 33.8 Å². The first kappa shape index (κ1) is 26.7. The molecule has 1 unspecified atom stereocenters. The van der Waals surface area contributed by atoms with Gasteiger partial charge in [-0.1, -0.05) is 13.3 Å². The second-order valence-electron chi connectivity index (χ2n) is 8.94. The summed E-state index contributed by atoms with van der Waals surface area (Å²) in [7, 11) is 0. The van der Waals surface area contributed by atoms with Gasteiger partial charge in [0.2, 0.25) is 5.95 Å². The fraction of sp³-hybridized carbons (Fsp3) is 0.385. The van der Waals surface area contributed by atoms with E-state index in [1.54, 1.807) is 0 Å². The van der Waals surface area contributed by atoms with Crippen LogP contribution in [0.25, 0.3) is 20.8 Å². The van der Waals surface area contributed by atoms with Crippen molar-refractivity contribution in [2.75, 3.05) is 23.8 Å². The highest BCUT2D eigenvalue weighted by Crippen LogP contribution is 2.37. The molecule has 196 valence electrons. The number of anilines is 2. The number of rotatable bonds is 10. The Kier molecular flexibility index (Phi) is 8.23. The lowest BCUT2D eigenvalue weighted by Crippen LogP contribution is -2.15. The van der Waals surface area contributed by atoms with Crippen molar-refractivity contribution in [1.82, 2.24) is 19.9 Å². The van der Waals surface area contributed by atoms with Gasteiger partial charge in [0, 0.05) is 43.1 Å². The summed E-state index contributed by atoms with van der Waals surface area (Å²) in [4.78, 5) is 18.4. The van der Waals surface area contributed by atoms with Crippen molar-refractivity contribution in [1.29, 1.82) is 0 Å². The second kappa shape index (κ2) is 11.4. The topological polar surface area (TPSA) is 95.8 Å². The van der Waals surface area contributed by atoms with Crippen molar-refractivity contribution in [3.63, 3.8) is 0 Å². The molecule has 0 amide bonds. The lowest BCUT2D eigenvalue weighted by molar-refractivity contribution is 0.217. The third-order valence-corrected chi connectivity index (χ3v) is 7.21. The zero-order chi connectivity index (χ0) is 26.7. The SMILES string of the molecule is CCC(CO)CCNc1nc(NCc2c(F)cc(F)cc2F)nc(C)c1-c1nc2c(C)nc(C)cc2s1. The molecular formula is C26H29F3N6OS. The Hall–Kier alpha value is -3.31. The highest BCUT2D eigenvalue weighted by atomic mass is 32.1. The Balaban J connectivity index is 1.69. The number of aromatic nitrogens is 4. The molecule has 0 fully saturated rings. The van der Waals surface area contributed by atoms with Gasteiger partial charge < -0.3 is 15.7 Å². The average molecular weight is 531 g/mol. The third kappa shape index (κ3) is 5.99. The number of halogens is 3. The molecule has 1 aromatic carbocycles. The molecular weight excluding hydrogens is 501 g/mol. The Bertz CT molecular complexity index is 1400. The lowest BCUT2D eigenvalue weighted by atomic mass is 10.0. The van der Waals surface area contributed by atoms with Gasteiger partial charge in [-0.3, -0.25) is 4.98 Å². The van der Waals surface area contributed by atoms with Crippen LogP contribution in [-0.2, 0) is 6.54 Å². The van der Waals surface area contributed by atoms with Crippen LogP contribution < -0.4 is 10.6 Å². The van der Waals surface area contributed by atoms with E-state index in [-0.39, 0.29) is 30.6 Å². The predicted octanol–water partition coefficient (Wildman–Crippen LogP) is 5.92. The average Bonchev–Trinajstić information content (AvgIpc) is 3.24. The van der Waals surface area contributed by atoms with Crippen LogP contribution in [0.15, 0.2) is 18.2 Å². The normalized spacial score (nSPS) is 12.2. The largest absolute Gasteiger partial charge is 0.396 e.